The Kier molecular flexibility index (Phi) is 3.46. The summed E-state index contributed by atoms with van der Waals surface area (Å²) in [5.74, 6) is 0.210. The first kappa shape index (κ1) is 13.5. The van der Waals surface area contributed by atoms with Gasteiger partial charge in [-0.25, -0.2) is 0 Å². The van der Waals surface area contributed by atoms with E-state index in [0.717, 1.165) is 17.7 Å². The lowest BCUT2D eigenvalue weighted by Crippen LogP contribution is -2.46. The molecule has 1 amide bonds. The maximum absolute atomic E-state index is 12.3. The standard InChI is InChI=1S/C15H17NO3S/c17-11-8-12(18)10-15(9-11)3-5-16(6-4-15)14(19)13-2-1-7-20-13/h1-2,7H,3-6,8-10H2. The molecule has 5 heteroatoms. The highest BCUT2D eigenvalue weighted by Crippen LogP contribution is 2.42. The molecule has 4 nitrogen and oxygen atoms in total. The van der Waals surface area contributed by atoms with Crippen molar-refractivity contribution >= 4 is 28.8 Å². The molecular weight excluding hydrogens is 274 g/mol. The van der Waals surface area contributed by atoms with Crippen LogP contribution < -0.4 is 0 Å². The molecule has 0 unspecified atom stereocenters. The van der Waals surface area contributed by atoms with E-state index in [2.05, 4.69) is 0 Å². The molecule has 2 heterocycles. The van der Waals surface area contributed by atoms with Crippen LogP contribution in [0.5, 0.6) is 0 Å². The van der Waals surface area contributed by atoms with Crippen molar-refractivity contribution in [3.63, 3.8) is 0 Å². The molecule has 0 bridgehead atoms. The summed E-state index contributed by atoms with van der Waals surface area (Å²) in [6.45, 7) is 1.30. The van der Waals surface area contributed by atoms with E-state index in [9.17, 15) is 14.4 Å². The second-order valence-corrected chi connectivity index (χ2v) is 6.82. The van der Waals surface area contributed by atoms with Crippen molar-refractivity contribution in [2.45, 2.75) is 32.1 Å². The first-order valence-corrected chi connectivity index (χ1v) is 7.82. The fraction of sp³-hybridized carbons (Fsp3) is 0.533. The fourth-order valence-electron chi connectivity index (χ4n) is 3.34. The Hall–Kier alpha value is -1.49. The van der Waals surface area contributed by atoms with Gasteiger partial charge in [0.2, 0.25) is 0 Å². The van der Waals surface area contributed by atoms with Crippen LogP contribution in [-0.2, 0) is 9.59 Å². The average Bonchev–Trinajstić information content (AvgIpc) is 2.91. The Morgan fingerprint density at radius 2 is 1.80 bits per heavy atom. The van der Waals surface area contributed by atoms with Gasteiger partial charge in [0, 0.05) is 25.9 Å². The van der Waals surface area contributed by atoms with Crippen molar-refractivity contribution in [1.82, 2.24) is 4.90 Å². The third-order valence-electron chi connectivity index (χ3n) is 4.38. The van der Waals surface area contributed by atoms with Gasteiger partial charge in [0.05, 0.1) is 11.3 Å². The third-order valence-corrected chi connectivity index (χ3v) is 5.24. The van der Waals surface area contributed by atoms with Gasteiger partial charge in [0.1, 0.15) is 11.6 Å². The summed E-state index contributed by atoms with van der Waals surface area (Å²) in [5, 5.41) is 1.90. The number of carbonyl (C=O) groups is 3. The number of amides is 1. The highest BCUT2D eigenvalue weighted by Gasteiger charge is 2.42. The predicted octanol–water partition coefficient (Wildman–Crippen LogP) is 2.29. The molecular formula is C15H17NO3S. The number of hydrogen-bond donors (Lipinski definition) is 0. The van der Waals surface area contributed by atoms with Crippen LogP contribution in [0.3, 0.4) is 0 Å². The molecule has 1 saturated heterocycles. The van der Waals surface area contributed by atoms with E-state index in [1.54, 1.807) is 0 Å². The summed E-state index contributed by atoms with van der Waals surface area (Å²) in [5.41, 5.74) is -0.168. The number of Topliss-reactive ketones (excluding diaryl/α,β-unsaturated/α-hetero) is 2. The van der Waals surface area contributed by atoms with Crippen molar-refractivity contribution in [2.75, 3.05) is 13.1 Å². The van der Waals surface area contributed by atoms with E-state index in [-0.39, 0.29) is 29.3 Å². The Bertz CT molecular complexity index is 523. The summed E-state index contributed by atoms with van der Waals surface area (Å²) in [6, 6.07) is 3.72. The molecule has 2 fully saturated rings. The Labute approximate surface area is 121 Å². The molecule has 3 rings (SSSR count). The maximum Gasteiger partial charge on any atom is 0.263 e. The number of hydrogen-bond acceptors (Lipinski definition) is 4. The molecule has 1 aromatic rings. The van der Waals surface area contributed by atoms with Gasteiger partial charge in [0.15, 0.2) is 0 Å². The SMILES string of the molecule is O=C1CC(=O)CC2(CCN(C(=O)c3cccs3)CC2)C1. The first-order chi connectivity index (χ1) is 9.58. The van der Waals surface area contributed by atoms with Gasteiger partial charge in [-0.05, 0) is 29.7 Å². The Morgan fingerprint density at radius 1 is 1.15 bits per heavy atom. The molecule has 2 aliphatic rings. The molecule has 1 aromatic heterocycles. The number of carbonyl (C=O) groups excluding carboxylic acids is 3. The lowest BCUT2D eigenvalue weighted by atomic mass is 9.67. The summed E-state index contributed by atoms with van der Waals surface area (Å²) < 4.78 is 0. The maximum atomic E-state index is 12.3. The molecule has 1 aliphatic heterocycles. The molecule has 0 N–H and O–H groups in total. The van der Waals surface area contributed by atoms with Crippen LogP contribution in [0.2, 0.25) is 0 Å². The van der Waals surface area contributed by atoms with E-state index in [1.165, 1.54) is 11.3 Å². The molecule has 0 radical (unpaired) electrons. The van der Waals surface area contributed by atoms with Gasteiger partial charge in [-0.2, -0.15) is 0 Å². The zero-order valence-electron chi connectivity index (χ0n) is 11.3. The van der Waals surface area contributed by atoms with Crippen molar-refractivity contribution in [3.05, 3.63) is 22.4 Å². The first-order valence-electron chi connectivity index (χ1n) is 6.94. The van der Waals surface area contributed by atoms with Crippen LogP contribution in [0.4, 0.5) is 0 Å². The van der Waals surface area contributed by atoms with Crippen molar-refractivity contribution < 1.29 is 14.4 Å². The highest BCUT2D eigenvalue weighted by atomic mass is 32.1. The molecule has 1 saturated carbocycles. The van der Waals surface area contributed by atoms with Crippen LogP contribution in [-0.4, -0.2) is 35.5 Å². The topological polar surface area (TPSA) is 54.5 Å². The lowest BCUT2D eigenvalue weighted by molar-refractivity contribution is -0.135. The van der Waals surface area contributed by atoms with Gasteiger partial charge in [0.25, 0.3) is 5.91 Å². The van der Waals surface area contributed by atoms with Gasteiger partial charge in [-0.15, -0.1) is 11.3 Å². The number of thiophene rings is 1. The largest absolute Gasteiger partial charge is 0.338 e. The minimum atomic E-state index is -0.168. The predicted molar refractivity (Wildman–Crippen MR) is 75.8 cm³/mol. The normalized spacial score (nSPS) is 22.3. The second kappa shape index (κ2) is 5.13. The molecule has 1 spiro atoms. The molecule has 20 heavy (non-hydrogen) atoms. The van der Waals surface area contributed by atoms with Gasteiger partial charge >= 0.3 is 0 Å². The molecule has 0 atom stereocenters. The number of nitrogens with zero attached hydrogens (tertiary/aromatic N) is 1. The van der Waals surface area contributed by atoms with Gasteiger partial charge in [-0.3, -0.25) is 14.4 Å². The van der Waals surface area contributed by atoms with Crippen LogP contribution in [0.1, 0.15) is 41.8 Å². The Balaban J connectivity index is 1.66. The van der Waals surface area contributed by atoms with Crippen molar-refractivity contribution in [3.8, 4) is 0 Å². The van der Waals surface area contributed by atoms with Crippen molar-refractivity contribution in [2.24, 2.45) is 5.41 Å². The summed E-state index contributed by atoms with van der Waals surface area (Å²) in [6.07, 6.45) is 2.67. The average molecular weight is 291 g/mol. The summed E-state index contributed by atoms with van der Waals surface area (Å²) in [7, 11) is 0. The molecule has 106 valence electrons. The van der Waals surface area contributed by atoms with Crippen LogP contribution in [0.15, 0.2) is 17.5 Å². The minimum absolute atomic E-state index is 0.0688. The number of ketones is 2. The highest BCUT2D eigenvalue weighted by molar-refractivity contribution is 7.12. The summed E-state index contributed by atoms with van der Waals surface area (Å²) in [4.78, 5) is 38.2. The van der Waals surface area contributed by atoms with Crippen LogP contribution in [0, 0.1) is 5.41 Å². The zero-order valence-corrected chi connectivity index (χ0v) is 12.1. The lowest BCUT2D eigenvalue weighted by Gasteiger charge is -2.42. The second-order valence-electron chi connectivity index (χ2n) is 5.88. The Morgan fingerprint density at radius 3 is 2.35 bits per heavy atom. The zero-order chi connectivity index (χ0) is 14.2. The number of piperidine rings is 1. The molecule has 0 aromatic carbocycles. The molecule has 1 aliphatic carbocycles. The monoisotopic (exact) mass is 291 g/mol. The van der Waals surface area contributed by atoms with E-state index < -0.39 is 0 Å². The number of rotatable bonds is 1. The third kappa shape index (κ3) is 2.54. The quantitative estimate of drug-likeness (QED) is 0.746. The van der Waals surface area contributed by atoms with E-state index in [4.69, 9.17) is 0 Å². The van der Waals surface area contributed by atoms with Crippen molar-refractivity contribution in [1.29, 1.82) is 0 Å². The van der Waals surface area contributed by atoms with E-state index in [1.807, 2.05) is 22.4 Å². The smallest absolute Gasteiger partial charge is 0.263 e. The van der Waals surface area contributed by atoms with Gasteiger partial charge < -0.3 is 4.90 Å². The number of likely N-dealkylation sites (tertiary alicyclic amines) is 1. The van der Waals surface area contributed by atoms with Crippen LogP contribution in [0.25, 0.3) is 0 Å². The minimum Gasteiger partial charge on any atom is -0.338 e. The fourth-order valence-corrected chi connectivity index (χ4v) is 4.03. The van der Waals surface area contributed by atoms with E-state index in [0.29, 0.717) is 25.9 Å². The van der Waals surface area contributed by atoms with E-state index >= 15 is 0 Å². The summed E-state index contributed by atoms with van der Waals surface area (Å²) >= 11 is 1.45. The van der Waals surface area contributed by atoms with Gasteiger partial charge in [-0.1, -0.05) is 6.07 Å². The van der Waals surface area contributed by atoms with Crippen LogP contribution >= 0.6 is 11.3 Å².